The number of nitrogens with one attached hydrogen (secondary N) is 1. The predicted molar refractivity (Wildman–Crippen MR) is 100 cm³/mol. The molecule has 136 valence electrons. The first-order valence-corrected chi connectivity index (χ1v) is 9.34. The lowest BCUT2D eigenvalue weighted by molar-refractivity contribution is 0.213. The maximum Gasteiger partial charge on any atom is 0.123 e. The van der Waals surface area contributed by atoms with Crippen molar-refractivity contribution in [2.75, 3.05) is 20.2 Å². The first kappa shape index (κ1) is 20.6. The number of unbranched alkanes of at least 4 members (excludes halogenated alkanes) is 7. The molecule has 1 aromatic carbocycles. The van der Waals surface area contributed by atoms with Crippen molar-refractivity contribution in [1.82, 2.24) is 5.32 Å². The van der Waals surface area contributed by atoms with Crippen molar-refractivity contribution in [2.24, 2.45) is 5.16 Å². The summed E-state index contributed by atoms with van der Waals surface area (Å²) in [7, 11) is 1.54. The summed E-state index contributed by atoms with van der Waals surface area (Å²) in [5.74, 6) is -0.233. The smallest absolute Gasteiger partial charge is 0.123 e. The van der Waals surface area contributed by atoms with E-state index in [4.69, 9.17) is 4.84 Å². The van der Waals surface area contributed by atoms with Gasteiger partial charge in [-0.05, 0) is 30.7 Å². The highest BCUT2D eigenvalue weighted by molar-refractivity contribution is 6.00. The molecule has 3 nitrogen and oxygen atoms in total. The Kier molecular flexibility index (Phi) is 12.0. The van der Waals surface area contributed by atoms with Crippen molar-refractivity contribution in [3.8, 4) is 0 Å². The van der Waals surface area contributed by atoms with Crippen LogP contribution in [0.5, 0.6) is 0 Å². The number of hydrogen-bond acceptors (Lipinski definition) is 3. The minimum absolute atomic E-state index is 0.233. The SMILES string of the molecule is CCCCCCCCCCNCC/C(=N/OC)c1ccc(F)cc1. The maximum atomic E-state index is 13.0. The van der Waals surface area contributed by atoms with E-state index in [1.807, 2.05) is 0 Å². The van der Waals surface area contributed by atoms with Crippen molar-refractivity contribution in [1.29, 1.82) is 0 Å². The molecule has 0 fully saturated rings. The number of oxime groups is 1. The monoisotopic (exact) mass is 336 g/mol. The lowest BCUT2D eigenvalue weighted by atomic mass is 10.1. The molecule has 0 spiro atoms. The van der Waals surface area contributed by atoms with Crippen LogP contribution in [0.2, 0.25) is 0 Å². The standard InChI is InChI=1S/C20H33FN2O/c1-3-4-5-6-7-8-9-10-16-22-17-15-20(23-24-2)18-11-13-19(21)14-12-18/h11-14,22H,3-10,15-17H2,1-2H3/b23-20-. The van der Waals surface area contributed by atoms with Gasteiger partial charge in [-0.2, -0.15) is 0 Å². The Bertz CT molecular complexity index is 445. The molecular formula is C20H33FN2O. The van der Waals surface area contributed by atoms with E-state index in [9.17, 15) is 4.39 Å². The van der Waals surface area contributed by atoms with Gasteiger partial charge in [0, 0.05) is 13.0 Å². The summed E-state index contributed by atoms with van der Waals surface area (Å²) < 4.78 is 13.0. The van der Waals surface area contributed by atoms with Crippen LogP contribution in [0.3, 0.4) is 0 Å². The van der Waals surface area contributed by atoms with Gasteiger partial charge in [0.2, 0.25) is 0 Å². The highest BCUT2D eigenvalue weighted by Gasteiger charge is 2.04. The highest BCUT2D eigenvalue weighted by atomic mass is 19.1. The van der Waals surface area contributed by atoms with Gasteiger partial charge in [0.1, 0.15) is 12.9 Å². The van der Waals surface area contributed by atoms with Crippen molar-refractivity contribution in [2.45, 2.75) is 64.7 Å². The molecule has 1 rings (SSSR count). The Morgan fingerprint density at radius 1 is 0.958 bits per heavy atom. The van der Waals surface area contributed by atoms with Gasteiger partial charge in [0.05, 0.1) is 5.71 Å². The van der Waals surface area contributed by atoms with Gasteiger partial charge in [-0.25, -0.2) is 4.39 Å². The van der Waals surface area contributed by atoms with Crippen LogP contribution in [-0.4, -0.2) is 25.9 Å². The lowest BCUT2D eigenvalue weighted by Crippen LogP contribution is -2.20. The zero-order chi connectivity index (χ0) is 17.5. The molecule has 0 saturated carbocycles. The highest BCUT2D eigenvalue weighted by Crippen LogP contribution is 2.09. The molecule has 0 atom stereocenters. The predicted octanol–water partition coefficient (Wildman–Crippen LogP) is 5.30. The molecule has 4 heteroatoms. The van der Waals surface area contributed by atoms with E-state index >= 15 is 0 Å². The van der Waals surface area contributed by atoms with Crippen molar-refractivity contribution in [3.05, 3.63) is 35.6 Å². The zero-order valence-corrected chi connectivity index (χ0v) is 15.3. The fraction of sp³-hybridized carbons (Fsp3) is 0.650. The Labute approximate surface area is 146 Å². The quantitative estimate of drug-likeness (QED) is 0.284. The van der Waals surface area contributed by atoms with Crippen LogP contribution < -0.4 is 5.32 Å². The Hall–Kier alpha value is -1.42. The second-order valence-electron chi connectivity index (χ2n) is 6.20. The lowest BCUT2D eigenvalue weighted by Gasteiger charge is -2.08. The average molecular weight is 336 g/mol. The molecule has 0 unspecified atom stereocenters. The summed E-state index contributed by atoms with van der Waals surface area (Å²) in [5, 5.41) is 7.52. The van der Waals surface area contributed by atoms with E-state index in [1.165, 1.54) is 70.6 Å². The van der Waals surface area contributed by atoms with Gasteiger partial charge in [-0.1, -0.05) is 69.2 Å². The third kappa shape index (κ3) is 9.66. The third-order valence-corrected chi connectivity index (χ3v) is 4.12. The molecule has 1 aromatic rings. The van der Waals surface area contributed by atoms with E-state index < -0.39 is 0 Å². The van der Waals surface area contributed by atoms with Crippen molar-refractivity contribution in [3.63, 3.8) is 0 Å². The van der Waals surface area contributed by atoms with Gasteiger partial charge in [0.15, 0.2) is 0 Å². The van der Waals surface area contributed by atoms with Gasteiger partial charge >= 0.3 is 0 Å². The Morgan fingerprint density at radius 2 is 1.58 bits per heavy atom. The third-order valence-electron chi connectivity index (χ3n) is 4.12. The summed E-state index contributed by atoms with van der Waals surface area (Å²) in [6, 6.07) is 6.39. The molecule has 24 heavy (non-hydrogen) atoms. The van der Waals surface area contributed by atoms with Gasteiger partial charge in [-0.3, -0.25) is 0 Å². The molecule has 0 heterocycles. The summed E-state index contributed by atoms with van der Waals surface area (Å²) in [6.07, 6.45) is 11.5. The molecule has 0 radical (unpaired) electrons. The number of hydrogen-bond donors (Lipinski definition) is 1. The molecule has 1 N–H and O–H groups in total. The van der Waals surface area contributed by atoms with Crippen LogP contribution in [0.25, 0.3) is 0 Å². The summed E-state index contributed by atoms with van der Waals surface area (Å²) in [4.78, 5) is 4.91. The van der Waals surface area contributed by atoms with Crippen LogP contribution in [0.15, 0.2) is 29.4 Å². The zero-order valence-electron chi connectivity index (χ0n) is 15.3. The molecule has 0 aliphatic carbocycles. The van der Waals surface area contributed by atoms with E-state index in [2.05, 4.69) is 17.4 Å². The normalized spacial score (nSPS) is 11.7. The number of rotatable bonds is 14. The number of nitrogens with zero attached hydrogens (tertiary/aromatic N) is 1. The van der Waals surface area contributed by atoms with Crippen molar-refractivity contribution < 1.29 is 9.23 Å². The minimum Gasteiger partial charge on any atom is -0.399 e. The van der Waals surface area contributed by atoms with Crippen LogP contribution >= 0.6 is 0 Å². The van der Waals surface area contributed by atoms with E-state index in [1.54, 1.807) is 12.1 Å². The molecule has 0 amide bonds. The maximum absolute atomic E-state index is 13.0. The average Bonchev–Trinajstić information content (AvgIpc) is 2.59. The minimum atomic E-state index is -0.233. The number of benzene rings is 1. The summed E-state index contributed by atoms with van der Waals surface area (Å²) in [5.41, 5.74) is 1.76. The van der Waals surface area contributed by atoms with Gasteiger partial charge < -0.3 is 10.2 Å². The fourth-order valence-electron chi connectivity index (χ4n) is 2.71. The first-order valence-electron chi connectivity index (χ1n) is 9.34. The molecule has 0 aliphatic rings. The molecular weight excluding hydrogens is 303 g/mol. The largest absolute Gasteiger partial charge is 0.399 e. The van der Waals surface area contributed by atoms with E-state index in [0.29, 0.717) is 0 Å². The fourth-order valence-corrected chi connectivity index (χ4v) is 2.71. The molecule has 0 saturated heterocycles. The van der Waals surface area contributed by atoms with E-state index in [-0.39, 0.29) is 5.82 Å². The van der Waals surface area contributed by atoms with Crippen LogP contribution in [0, 0.1) is 5.82 Å². The van der Waals surface area contributed by atoms with Gasteiger partial charge in [-0.15, -0.1) is 0 Å². The van der Waals surface area contributed by atoms with E-state index in [0.717, 1.165) is 30.8 Å². The second kappa shape index (κ2) is 14.0. The number of halogens is 1. The molecule has 0 bridgehead atoms. The van der Waals surface area contributed by atoms with Crippen LogP contribution in [0.1, 0.15) is 70.3 Å². The van der Waals surface area contributed by atoms with Crippen LogP contribution in [0.4, 0.5) is 4.39 Å². The van der Waals surface area contributed by atoms with Crippen molar-refractivity contribution >= 4 is 5.71 Å². The Morgan fingerprint density at radius 3 is 2.21 bits per heavy atom. The molecule has 0 aliphatic heterocycles. The van der Waals surface area contributed by atoms with Gasteiger partial charge in [0.25, 0.3) is 0 Å². The second-order valence-corrected chi connectivity index (χ2v) is 6.20. The molecule has 0 aromatic heterocycles. The Balaban J connectivity index is 2.10. The summed E-state index contributed by atoms with van der Waals surface area (Å²) >= 11 is 0. The summed E-state index contributed by atoms with van der Waals surface area (Å²) in [6.45, 7) is 4.15. The van der Waals surface area contributed by atoms with Crippen LogP contribution in [-0.2, 0) is 4.84 Å². The first-order chi connectivity index (χ1) is 11.8. The topological polar surface area (TPSA) is 33.6 Å².